The quantitative estimate of drug-likeness (QED) is 0.781. The number of rotatable bonds is 1. The smallest absolute Gasteiger partial charge is 0.251 e. The van der Waals surface area contributed by atoms with Crippen LogP contribution in [0.1, 0.15) is 19.4 Å². The van der Waals surface area contributed by atoms with Crippen LogP contribution in [0.2, 0.25) is 0 Å². The molecule has 7 heteroatoms. The zero-order chi connectivity index (χ0) is 15.1. The number of hydrogen-bond acceptors (Lipinski definition) is 4. The number of amides is 2. The topological polar surface area (TPSA) is 73.2 Å². The van der Waals surface area contributed by atoms with Crippen LogP contribution in [0.15, 0.2) is 12.1 Å². The first-order chi connectivity index (χ1) is 9.27. The summed E-state index contributed by atoms with van der Waals surface area (Å²) in [4.78, 5) is 24.3. The highest BCUT2D eigenvalue weighted by molar-refractivity contribution is 6.06. The minimum Gasteiger partial charge on any atom is -0.343 e. The molecule has 2 rings (SSSR count). The fraction of sp³-hybridized carbons (Fsp3) is 0.308. The van der Waals surface area contributed by atoms with Crippen molar-refractivity contribution in [1.29, 1.82) is 5.26 Å². The monoisotopic (exact) mass is 279 g/mol. The van der Waals surface area contributed by atoms with E-state index in [9.17, 15) is 18.4 Å². The molecule has 1 heterocycles. The van der Waals surface area contributed by atoms with Crippen molar-refractivity contribution in [3.05, 3.63) is 29.3 Å². The second-order valence-corrected chi connectivity index (χ2v) is 4.92. The van der Waals surface area contributed by atoms with Crippen LogP contribution in [-0.4, -0.2) is 23.9 Å². The Hall–Kier alpha value is -2.49. The van der Waals surface area contributed by atoms with E-state index in [0.29, 0.717) is 0 Å². The van der Waals surface area contributed by atoms with Crippen molar-refractivity contribution in [2.75, 3.05) is 11.4 Å². The van der Waals surface area contributed by atoms with E-state index >= 15 is 0 Å². The van der Waals surface area contributed by atoms with Crippen molar-refractivity contribution >= 4 is 17.5 Å². The lowest BCUT2D eigenvalue weighted by molar-refractivity contribution is -0.135. The van der Waals surface area contributed by atoms with Gasteiger partial charge >= 0.3 is 0 Å². The summed E-state index contributed by atoms with van der Waals surface area (Å²) in [5.74, 6) is -3.26. The Balaban J connectivity index is 2.58. The van der Waals surface area contributed by atoms with Gasteiger partial charge in [-0.15, -0.1) is 0 Å². The second kappa shape index (κ2) is 4.56. The molecule has 0 radical (unpaired) electrons. The zero-order valence-corrected chi connectivity index (χ0v) is 10.8. The average Bonchev–Trinajstić information content (AvgIpc) is 2.34. The Morgan fingerprint density at radius 3 is 2.35 bits per heavy atom. The first-order valence-corrected chi connectivity index (χ1v) is 5.78. The molecule has 0 atom stereocenters. The van der Waals surface area contributed by atoms with Crippen LogP contribution in [-0.2, 0) is 9.59 Å². The minimum absolute atomic E-state index is 0.172. The molecule has 0 aromatic heterocycles. The molecular weight excluding hydrogens is 268 g/mol. The van der Waals surface area contributed by atoms with Gasteiger partial charge in [0.25, 0.3) is 5.91 Å². The summed E-state index contributed by atoms with van der Waals surface area (Å²) in [6, 6.07) is 3.37. The number of carbonyl (C=O) groups excluding carboxylic acids is 2. The van der Waals surface area contributed by atoms with Gasteiger partial charge in [0.15, 0.2) is 11.6 Å². The van der Waals surface area contributed by atoms with Crippen molar-refractivity contribution in [1.82, 2.24) is 5.32 Å². The van der Waals surface area contributed by atoms with E-state index in [2.05, 4.69) is 5.32 Å². The standard InChI is InChI=1S/C13H11F2N3O2/c1-13(2)12(20)17-10(19)6-18(13)11-8(14)3-7(5-16)4-9(11)15/h3-4H,6H2,1-2H3,(H,17,19,20). The Labute approximate surface area is 113 Å². The molecule has 1 saturated heterocycles. The summed E-state index contributed by atoms with van der Waals surface area (Å²) >= 11 is 0. The molecular formula is C13H11F2N3O2. The van der Waals surface area contributed by atoms with Crippen molar-refractivity contribution in [3.8, 4) is 6.07 Å². The highest BCUT2D eigenvalue weighted by Gasteiger charge is 2.43. The lowest BCUT2D eigenvalue weighted by Crippen LogP contribution is -2.64. The van der Waals surface area contributed by atoms with Crippen LogP contribution in [0.25, 0.3) is 0 Å². The number of imide groups is 1. The van der Waals surface area contributed by atoms with Gasteiger partial charge in [-0.3, -0.25) is 14.9 Å². The van der Waals surface area contributed by atoms with Crippen molar-refractivity contribution in [2.45, 2.75) is 19.4 Å². The number of anilines is 1. The summed E-state index contributed by atoms with van der Waals surface area (Å²) in [5, 5.41) is 10.8. The molecule has 20 heavy (non-hydrogen) atoms. The van der Waals surface area contributed by atoms with Crippen molar-refractivity contribution in [2.24, 2.45) is 0 Å². The van der Waals surface area contributed by atoms with E-state index in [1.54, 1.807) is 6.07 Å². The third-order valence-electron chi connectivity index (χ3n) is 3.20. The normalized spacial score (nSPS) is 17.6. The largest absolute Gasteiger partial charge is 0.343 e. The van der Waals surface area contributed by atoms with Gasteiger partial charge in [-0.25, -0.2) is 8.78 Å². The second-order valence-electron chi connectivity index (χ2n) is 4.92. The van der Waals surface area contributed by atoms with E-state index < -0.39 is 34.7 Å². The third kappa shape index (κ3) is 2.09. The molecule has 2 amide bonds. The number of nitriles is 1. The maximum absolute atomic E-state index is 14.0. The van der Waals surface area contributed by atoms with Crippen LogP contribution in [0.4, 0.5) is 14.5 Å². The first kappa shape index (κ1) is 13.9. The molecule has 104 valence electrons. The lowest BCUT2D eigenvalue weighted by atomic mass is 9.97. The van der Waals surface area contributed by atoms with Gasteiger partial charge in [-0.1, -0.05) is 0 Å². The molecule has 1 aromatic rings. The molecule has 1 fully saturated rings. The number of nitrogens with zero attached hydrogens (tertiary/aromatic N) is 2. The predicted octanol–water partition coefficient (Wildman–Crippen LogP) is 1.08. The Morgan fingerprint density at radius 2 is 1.85 bits per heavy atom. The zero-order valence-electron chi connectivity index (χ0n) is 10.8. The Morgan fingerprint density at radius 1 is 1.30 bits per heavy atom. The maximum atomic E-state index is 14.0. The fourth-order valence-electron chi connectivity index (χ4n) is 2.03. The fourth-order valence-corrected chi connectivity index (χ4v) is 2.03. The maximum Gasteiger partial charge on any atom is 0.251 e. The van der Waals surface area contributed by atoms with Gasteiger partial charge in [-0.2, -0.15) is 5.26 Å². The van der Waals surface area contributed by atoms with Crippen LogP contribution in [0.5, 0.6) is 0 Å². The average molecular weight is 279 g/mol. The minimum atomic E-state index is -1.29. The number of nitrogens with one attached hydrogen (secondary N) is 1. The van der Waals surface area contributed by atoms with E-state index in [1.165, 1.54) is 13.8 Å². The molecule has 0 bridgehead atoms. The van der Waals surface area contributed by atoms with Gasteiger partial charge in [0.1, 0.15) is 11.2 Å². The van der Waals surface area contributed by atoms with Crippen LogP contribution in [0, 0.1) is 23.0 Å². The molecule has 1 aromatic carbocycles. The number of carbonyl (C=O) groups is 2. The summed E-state index contributed by atoms with van der Waals surface area (Å²) in [6.07, 6.45) is 0. The molecule has 0 spiro atoms. The van der Waals surface area contributed by atoms with E-state index in [1.807, 2.05) is 0 Å². The summed E-state index contributed by atoms with van der Waals surface area (Å²) < 4.78 is 28.0. The van der Waals surface area contributed by atoms with E-state index in [4.69, 9.17) is 5.26 Å². The van der Waals surface area contributed by atoms with Crippen LogP contribution >= 0.6 is 0 Å². The number of piperazine rings is 1. The van der Waals surface area contributed by atoms with Gasteiger partial charge in [0, 0.05) is 0 Å². The summed E-state index contributed by atoms with van der Waals surface area (Å²) in [5.41, 5.74) is -1.95. The van der Waals surface area contributed by atoms with Gasteiger partial charge in [0.05, 0.1) is 18.2 Å². The molecule has 5 nitrogen and oxygen atoms in total. The molecule has 1 N–H and O–H groups in total. The third-order valence-corrected chi connectivity index (χ3v) is 3.20. The van der Waals surface area contributed by atoms with E-state index in [-0.39, 0.29) is 12.1 Å². The lowest BCUT2D eigenvalue weighted by Gasteiger charge is -2.41. The SMILES string of the molecule is CC1(C)C(=O)NC(=O)CN1c1c(F)cc(C#N)cc1F. The molecule has 0 unspecified atom stereocenters. The molecule has 0 saturated carbocycles. The van der Waals surface area contributed by atoms with Crippen LogP contribution in [0.3, 0.4) is 0 Å². The first-order valence-electron chi connectivity index (χ1n) is 5.78. The molecule has 1 aliphatic heterocycles. The summed E-state index contributed by atoms with van der Waals surface area (Å²) in [7, 11) is 0. The van der Waals surface area contributed by atoms with Gasteiger partial charge in [-0.05, 0) is 26.0 Å². The van der Waals surface area contributed by atoms with Gasteiger partial charge in [0.2, 0.25) is 5.91 Å². The highest BCUT2D eigenvalue weighted by atomic mass is 19.1. The van der Waals surface area contributed by atoms with Gasteiger partial charge < -0.3 is 4.90 Å². The number of benzene rings is 1. The van der Waals surface area contributed by atoms with Crippen molar-refractivity contribution < 1.29 is 18.4 Å². The number of halogens is 2. The van der Waals surface area contributed by atoms with Crippen molar-refractivity contribution in [3.63, 3.8) is 0 Å². The van der Waals surface area contributed by atoms with E-state index in [0.717, 1.165) is 17.0 Å². The molecule has 1 aliphatic rings. The number of hydrogen-bond donors (Lipinski definition) is 1. The highest BCUT2D eigenvalue weighted by Crippen LogP contribution is 2.31. The Kier molecular flexibility index (Phi) is 3.18. The predicted molar refractivity (Wildman–Crippen MR) is 65.6 cm³/mol. The van der Waals surface area contributed by atoms with Crippen LogP contribution < -0.4 is 10.2 Å². The summed E-state index contributed by atoms with van der Waals surface area (Å²) in [6.45, 7) is 2.55. The Bertz CT molecular complexity index is 627. The molecule has 0 aliphatic carbocycles.